The number of methoxy groups -OCH3 is 1. The van der Waals surface area contributed by atoms with Crippen molar-refractivity contribution in [2.75, 3.05) is 36.1 Å². The van der Waals surface area contributed by atoms with Crippen molar-refractivity contribution in [1.82, 2.24) is 9.97 Å². The molecule has 1 aromatic carbocycles. The Labute approximate surface area is 198 Å². The fraction of sp³-hybridized carbons (Fsp3) is 0.348. The van der Waals surface area contributed by atoms with E-state index in [0.29, 0.717) is 21.6 Å². The Bertz CT molecular complexity index is 1340. The molecular formula is C23H25N5O3S2. The van der Waals surface area contributed by atoms with E-state index in [0.717, 1.165) is 41.5 Å². The molecule has 0 aliphatic carbocycles. The highest BCUT2D eigenvalue weighted by Crippen LogP contribution is 2.37. The minimum atomic E-state index is -3.51. The lowest BCUT2D eigenvalue weighted by molar-refractivity contribution is 0.400. The van der Waals surface area contributed by atoms with Crippen molar-refractivity contribution in [1.29, 1.82) is 5.26 Å². The average Bonchev–Trinajstić information content (AvgIpc) is 2.76. The maximum atomic E-state index is 11.8. The van der Waals surface area contributed by atoms with Crippen molar-refractivity contribution in [3.63, 3.8) is 0 Å². The van der Waals surface area contributed by atoms with Crippen molar-refractivity contribution in [2.24, 2.45) is 0 Å². The number of hydrogen-bond acceptors (Lipinski definition) is 8. The Kier molecular flexibility index (Phi) is 6.36. The van der Waals surface area contributed by atoms with Gasteiger partial charge in [-0.15, -0.1) is 0 Å². The molecule has 3 heterocycles. The molecule has 1 aliphatic heterocycles. The standard InChI is InChI=1S/C23H25N5O3S2/c1-14-12-28(13-15(2)32-14)22-18(9-24)11-25-20-6-5-16(7-19(20)22)17-8-21(27-33(4,29)30)23(31-3)26-10-17/h5-8,10-11,14-15,27H,12-13H2,1-4H3. The second kappa shape index (κ2) is 9.08. The number of thioether (sulfide) groups is 1. The van der Waals surface area contributed by atoms with Crippen molar-refractivity contribution in [3.8, 4) is 23.1 Å². The molecule has 0 amide bonds. The summed E-state index contributed by atoms with van der Waals surface area (Å²) in [6.07, 6.45) is 4.35. The summed E-state index contributed by atoms with van der Waals surface area (Å²) in [6, 6.07) is 9.81. The number of benzene rings is 1. The first-order chi connectivity index (χ1) is 15.7. The van der Waals surface area contributed by atoms with E-state index >= 15 is 0 Å². The number of anilines is 2. The SMILES string of the molecule is COc1ncc(-c2ccc3ncc(C#N)c(N4CC(C)SC(C)C4)c3c2)cc1NS(C)(=O)=O. The van der Waals surface area contributed by atoms with E-state index in [9.17, 15) is 13.7 Å². The summed E-state index contributed by atoms with van der Waals surface area (Å²) in [5, 5.41) is 11.6. The molecule has 0 spiro atoms. The van der Waals surface area contributed by atoms with Gasteiger partial charge >= 0.3 is 0 Å². The van der Waals surface area contributed by atoms with Gasteiger partial charge in [-0.1, -0.05) is 19.9 Å². The highest BCUT2D eigenvalue weighted by atomic mass is 32.2. The Morgan fingerprint density at radius 2 is 1.88 bits per heavy atom. The van der Waals surface area contributed by atoms with E-state index in [1.165, 1.54) is 7.11 Å². The summed E-state index contributed by atoms with van der Waals surface area (Å²) in [4.78, 5) is 11.0. The molecule has 172 valence electrons. The lowest BCUT2D eigenvalue weighted by atomic mass is 10.0. The molecule has 2 atom stereocenters. The molecule has 0 saturated carbocycles. The summed E-state index contributed by atoms with van der Waals surface area (Å²) in [5.74, 6) is 0.188. The molecule has 3 aromatic rings. The van der Waals surface area contributed by atoms with Crippen molar-refractivity contribution in [2.45, 2.75) is 24.3 Å². The zero-order valence-corrected chi connectivity index (χ0v) is 20.5. The van der Waals surface area contributed by atoms with Crippen LogP contribution in [0, 0.1) is 11.3 Å². The Hall–Kier alpha value is -3.03. The van der Waals surface area contributed by atoms with Crippen LogP contribution in [0.5, 0.6) is 5.88 Å². The molecule has 1 fully saturated rings. The molecule has 1 N–H and O–H groups in total. The minimum absolute atomic E-state index is 0.188. The van der Waals surface area contributed by atoms with E-state index in [1.54, 1.807) is 18.5 Å². The molecule has 33 heavy (non-hydrogen) atoms. The number of sulfonamides is 1. The summed E-state index contributed by atoms with van der Waals surface area (Å²) in [7, 11) is -2.07. The van der Waals surface area contributed by atoms with Gasteiger partial charge in [-0.25, -0.2) is 13.4 Å². The van der Waals surface area contributed by atoms with Crippen LogP contribution in [0.2, 0.25) is 0 Å². The van der Waals surface area contributed by atoms with E-state index in [1.807, 2.05) is 30.0 Å². The van der Waals surface area contributed by atoms with Crippen molar-refractivity contribution < 1.29 is 13.2 Å². The topological polar surface area (TPSA) is 108 Å². The van der Waals surface area contributed by atoms with Gasteiger partial charge in [0.1, 0.15) is 11.8 Å². The predicted molar refractivity (Wildman–Crippen MR) is 133 cm³/mol. The fourth-order valence-electron chi connectivity index (χ4n) is 4.19. The predicted octanol–water partition coefficient (Wildman–Crippen LogP) is 3.88. The quantitative estimate of drug-likeness (QED) is 0.582. The van der Waals surface area contributed by atoms with Crippen LogP contribution in [-0.4, -0.2) is 55.3 Å². The fourth-order valence-corrected chi connectivity index (χ4v) is 6.06. The zero-order valence-electron chi connectivity index (χ0n) is 18.9. The lowest BCUT2D eigenvalue weighted by Gasteiger charge is -2.37. The van der Waals surface area contributed by atoms with Crippen LogP contribution in [0.1, 0.15) is 19.4 Å². The van der Waals surface area contributed by atoms with Crippen LogP contribution in [0.25, 0.3) is 22.0 Å². The molecule has 1 aliphatic rings. The summed E-state index contributed by atoms with van der Waals surface area (Å²) < 4.78 is 31.3. The molecule has 0 radical (unpaired) electrons. The number of nitrogens with zero attached hydrogens (tertiary/aromatic N) is 4. The molecular weight excluding hydrogens is 458 g/mol. The number of hydrogen-bond donors (Lipinski definition) is 1. The third-order valence-electron chi connectivity index (χ3n) is 5.37. The van der Waals surface area contributed by atoms with Crippen LogP contribution >= 0.6 is 11.8 Å². The van der Waals surface area contributed by atoms with Crippen molar-refractivity contribution in [3.05, 3.63) is 42.2 Å². The van der Waals surface area contributed by atoms with Gasteiger partial charge in [-0.2, -0.15) is 17.0 Å². The van der Waals surface area contributed by atoms with Crippen LogP contribution in [0.4, 0.5) is 11.4 Å². The van der Waals surface area contributed by atoms with Gasteiger partial charge in [0, 0.05) is 46.9 Å². The Morgan fingerprint density at radius 3 is 2.52 bits per heavy atom. The number of rotatable bonds is 5. The lowest BCUT2D eigenvalue weighted by Crippen LogP contribution is -2.40. The van der Waals surface area contributed by atoms with Crippen LogP contribution in [0.15, 0.2) is 36.7 Å². The van der Waals surface area contributed by atoms with Crippen LogP contribution < -0.4 is 14.4 Å². The molecule has 2 unspecified atom stereocenters. The van der Waals surface area contributed by atoms with Gasteiger partial charge in [0.15, 0.2) is 0 Å². The highest BCUT2D eigenvalue weighted by Gasteiger charge is 2.26. The normalized spacial score (nSPS) is 18.7. The van der Waals surface area contributed by atoms with E-state index in [4.69, 9.17) is 4.74 Å². The van der Waals surface area contributed by atoms with Gasteiger partial charge < -0.3 is 9.64 Å². The molecule has 2 aromatic heterocycles. The first kappa shape index (κ1) is 23.1. The largest absolute Gasteiger partial charge is 0.480 e. The molecule has 10 heteroatoms. The third-order valence-corrected chi connectivity index (χ3v) is 7.19. The molecule has 8 nitrogen and oxygen atoms in total. The monoisotopic (exact) mass is 483 g/mol. The number of fused-ring (bicyclic) bond motifs is 1. The number of nitriles is 1. The third kappa shape index (κ3) is 4.99. The Balaban J connectivity index is 1.86. The number of nitrogens with one attached hydrogen (secondary N) is 1. The number of pyridine rings is 2. The van der Waals surface area contributed by atoms with Gasteiger partial charge in [0.25, 0.3) is 0 Å². The van der Waals surface area contributed by atoms with Gasteiger partial charge in [-0.05, 0) is 23.8 Å². The zero-order chi connectivity index (χ0) is 23.8. The first-order valence-electron chi connectivity index (χ1n) is 10.4. The summed E-state index contributed by atoms with van der Waals surface area (Å²) >= 11 is 1.95. The molecule has 1 saturated heterocycles. The Morgan fingerprint density at radius 1 is 1.15 bits per heavy atom. The van der Waals surface area contributed by atoms with Crippen molar-refractivity contribution >= 4 is 44.1 Å². The minimum Gasteiger partial charge on any atom is -0.480 e. The molecule has 0 bridgehead atoms. The van der Waals surface area contributed by atoms with Gasteiger partial charge in [-0.3, -0.25) is 9.71 Å². The average molecular weight is 484 g/mol. The van der Waals surface area contributed by atoms with Crippen LogP contribution in [-0.2, 0) is 10.0 Å². The summed E-state index contributed by atoms with van der Waals surface area (Å²) in [5.41, 5.74) is 4.03. The maximum absolute atomic E-state index is 11.8. The van der Waals surface area contributed by atoms with Gasteiger partial charge in [0.05, 0.1) is 30.1 Å². The first-order valence-corrected chi connectivity index (χ1v) is 13.3. The second-order valence-corrected chi connectivity index (χ2v) is 11.8. The van der Waals surface area contributed by atoms with Crippen LogP contribution in [0.3, 0.4) is 0 Å². The smallest absolute Gasteiger partial charge is 0.238 e. The number of aromatic nitrogens is 2. The highest BCUT2D eigenvalue weighted by molar-refractivity contribution is 8.00. The van der Waals surface area contributed by atoms with E-state index < -0.39 is 10.0 Å². The summed E-state index contributed by atoms with van der Waals surface area (Å²) in [6.45, 7) is 6.10. The number of ether oxygens (including phenoxy) is 1. The van der Waals surface area contributed by atoms with Gasteiger partial charge in [0.2, 0.25) is 15.9 Å². The maximum Gasteiger partial charge on any atom is 0.238 e. The second-order valence-electron chi connectivity index (χ2n) is 8.18. The van der Waals surface area contributed by atoms with E-state index in [2.05, 4.69) is 39.5 Å². The van der Waals surface area contributed by atoms with E-state index in [-0.39, 0.29) is 11.6 Å². The molecule has 4 rings (SSSR count).